The minimum absolute atomic E-state index is 0.0364. The summed E-state index contributed by atoms with van der Waals surface area (Å²) in [5.41, 5.74) is 1.27. The van der Waals surface area contributed by atoms with Crippen LogP contribution in [0.4, 0.5) is 0 Å². The largest absolute Gasteiger partial charge is 0.426 e. The van der Waals surface area contributed by atoms with Crippen LogP contribution >= 0.6 is 0 Å². The van der Waals surface area contributed by atoms with Gasteiger partial charge in [-0.15, -0.1) is 0 Å². The first-order valence-corrected chi connectivity index (χ1v) is 8.94. The van der Waals surface area contributed by atoms with Crippen molar-refractivity contribution < 1.29 is 9.53 Å². The first kappa shape index (κ1) is 17.1. The Labute approximate surface area is 135 Å². The zero-order valence-electron chi connectivity index (χ0n) is 14.3. The topological polar surface area (TPSA) is 26.3 Å². The van der Waals surface area contributed by atoms with E-state index < -0.39 is 0 Å². The first-order valence-electron chi connectivity index (χ1n) is 8.94. The predicted octanol–water partition coefficient (Wildman–Crippen LogP) is 5.40. The molecule has 1 aromatic carbocycles. The van der Waals surface area contributed by atoms with Crippen molar-refractivity contribution in [2.75, 3.05) is 0 Å². The van der Waals surface area contributed by atoms with Crippen LogP contribution in [0, 0.1) is 17.8 Å². The summed E-state index contributed by atoms with van der Waals surface area (Å²) in [5, 5.41) is 0. The molecule has 0 spiro atoms. The number of benzene rings is 1. The molecule has 1 aromatic rings. The van der Waals surface area contributed by atoms with E-state index in [4.69, 9.17) is 4.74 Å². The number of unbranched alkanes of at least 4 members (excludes halogenated alkanes) is 1. The maximum atomic E-state index is 12.4. The van der Waals surface area contributed by atoms with Gasteiger partial charge < -0.3 is 4.74 Å². The maximum absolute atomic E-state index is 12.4. The third-order valence-corrected chi connectivity index (χ3v) is 5.10. The molecule has 2 rings (SSSR count). The fourth-order valence-electron chi connectivity index (χ4n) is 3.60. The molecule has 22 heavy (non-hydrogen) atoms. The number of aryl methyl sites for hydroxylation is 1. The summed E-state index contributed by atoms with van der Waals surface area (Å²) in [7, 11) is 0. The summed E-state index contributed by atoms with van der Waals surface area (Å²) in [4.78, 5) is 12.4. The molecular weight excluding hydrogens is 272 g/mol. The Morgan fingerprint density at radius 2 is 1.91 bits per heavy atom. The van der Waals surface area contributed by atoms with Crippen molar-refractivity contribution in [1.82, 2.24) is 0 Å². The molecule has 2 heteroatoms. The summed E-state index contributed by atoms with van der Waals surface area (Å²) >= 11 is 0. The van der Waals surface area contributed by atoms with Gasteiger partial charge in [-0.1, -0.05) is 52.2 Å². The highest BCUT2D eigenvalue weighted by atomic mass is 16.5. The molecule has 1 aliphatic rings. The Morgan fingerprint density at radius 1 is 1.18 bits per heavy atom. The Kier molecular flexibility index (Phi) is 6.48. The van der Waals surface area contributed by atoms with Crippen LogP contribution in [-0.4, -0.2) is 5.97 Å². The summed E-state index contributed by atoms with van der Waals surface area (Å²) in [6.07, 6.45) is 8.25. The van der Waals surface area contributed by atoms with Gasteiger partial charge in [0.2, 0.25) is 0 Å². The van der Waals surface area contributed by atoms with E-state index >= 15 is 0 Å². The zero-order valence-corrected chi connectivity index (χ0v) is 14.3. The van der Waals surface area contributed by atoms with Crippen LogP contribution in [0.3, 0.4) is 0 Å². The molecule has 0 aromatic heterocycles. The Morgan fingerprint density at radius 3 is 2.50 bits per heavy atom. The summed E-state index contributed by atoms with van der Waals surface area (Å²) < 4.78 is 5.60. The number of rotatable bonds is 6. The van der Waals surface area contributed by atoms with Crippen molar-refractivity contribution in [3.8, 4) is 5.75 Å². The minimum atomic E-state index is -0.0364. The number of carbonyl (C=O) groups is 1. The van der Waals surface area contributed by atoms with E-state index in [1.54, 1.807) is 0 Å². The molecular formula is C20H30O2. The van der Waals surface area contributed by atoms with E-state index in [1.165, 1.54) is 37.7 Å². The van der Waals surface area contributed by atoms with E-state index in [0.717, 1.165) is 18.8 Å². The quantitative estimate of drug-likeness (QED) is 0.519. The molecule has 0 saturated heterocycles. The molecule has 0 radical (unpaired) electrons. The molecule has 0 heterocycles. The smallest absolute Gasteiger partial charge is 0.314 e. The lowest BCUT2D eigenvalue weighted by Crippen LogP contribution is -2.32. The van der Waals surface area contributed by atoms with Crippen molar-refractivity contribution in [2.24, 2.45) is 17.8 Å². The third-order valence-electron chi connectivity index (χ3n) is 5.10. The molecule has 0 N–H and O–H groups in total. The molecule has 0 amide bonds. The maximum Gasteiger partial charge on any atom is 0.314 e. The van der Waals surface area contributed by atoms with Gasteiger partial charge in [0.25, 0.3) is 0 Å². The molecule has 2 nitrogen and oxygen atoms in total. The Balaban J connectivity index is 1.87. The van der Waals surface area contributed by atoms with Gasteiger partial charge in [-0.25, -0.2) is 0 Å². The van der Waals surface area contributed by atoms with Gasteiger partial charge >= 0.3 is 5.97 Å². The Bertz CT molecular complexity index is 463. The van der Waals surface area contributed by atoms with E-state index in [1.807, 2.05) is 24.3 Å². The van der Waals surface area contributed by atoms with Crippen molar-refractivity contribution in [3.05, 3.63) is 29.8 Å². The number of carbonyl (C=O) groups excluding carboxylic acids is 1. The number of esters is 1. The van der Waals surface area contributed by atoms with Crippen LogP contribution in [0.5, 0.6) is 5.75 Å². The van der Waals surface area contributed by atoms with Gasteiger partial charge in [-0.2, -0.15) is 0 Å². The number of ether oxygens (including phenoxy) is 1. The fraction of sp³-hybridized carbons (Fsp3) is 0.650. The molecule has 3 atom stereocenters. The molecule has 0 aliphatic heterocycles. The number of hydrogen-bond acceptors (Lipinski definition) is 2. The number of hydrogen-bond donors (Lipinski definition) is 0. The van der Waals surface area contributed by atoms with Crippen LogP contribution in [0.2, 0.25) is 0 Å². The normalized spacial score (nSPS) is 25.0. The summed E-state index contributed by atoms with van der Waals surface area (Å²) in [6, 6.07) is 7.89. The van der Waals surface area contributed by atoms with E-state index in [0.29, 0.717) is 11.7 Å². The van der Waals surface area contributed by atoms with Crippen LogP contribution in [0.25, 0.3) is 0 Å². The predicted molar refractivity (Wildman–Crippen MR) is 91.0 cm³/mol. The lowest BCUT2D eigenvalue weighted by molar-refractivity contribution is -0.142. The first-order chi connectivity index (χ1) is 10.6. The molecule has 0 bridgehead atoms. The van der Waals surface area contributed by atoms with E-state index in [9.17, 15) is 4.79 Å². The van der Waals surface area contributed by atoms with Gasteiger partial charge in [0.05, 0.1) is 5.92 Å². The molecule has 122 valence electrons. The van der Waals surface area contributed by atoms with Gasteiger partial charge in [0.1, 0.15) is 5.75 Å². The molecule has 1 fully saturated rings. The highest BCUT2D eigenvalue weighted by Gasteiger charge is 2.33. The van der Waals surface area contributed by atoms with E-state index in [2.05, 4.69) is 20.8 Å². The Hall–Kier alpha value is -1.31. The van der Waals surface area contributed by atoms with Crippen molar-refractivity contribution in [3.63, 3.8) is 0 Å². The van der Waals surface area contributed by atoms with E-state index in [-0.39, 0.29) is 11.9 Å². The van der Waals surface area contributed by atoms with Gasteiger partial charge in [-0.05, 0) is 55.2 Å². The van der Waals surface area contributed by atoms with Gasteiger partial charge in [-0.3, -0.25) is 4.79 Å². The second-order valence-corrected chi connectivity index (χ2v) is 6.82. The van der Waals surface area contributed by atoms with Crippen molar-refractivity contribution >= 4 is 5.97 Å². The SMILES string of the molecule is CCCC[C@H]1CC[C@@H](C(=O)Oc2ccc(CC)cc2)[C@H](C)C1. The van der Waals surface area contributed by atoms with Crippen LogP contribution in [0.15, 0.2) is 24.3 Å². The minimum Gasteiger partial charge on any atom is -0.426 e. The highest BCUT2D eigenvalue weighted by Crippen LogP contribution is 2.37. The van der Waals surface area contributed by atoms with Crippen molar-refractivity contribution in [1.29, 1.82) is 0 Å². The lowest BCUT2D eigenvalue weighted by atomic mass is 9.73. The highest BCUT2D eigenvalue weighted by molar-refractivity contribution is 5.75. The third kappa shape index (κ3) is 4.59. The summed E-state index contributed by atoms with van der Waals surface area (Å²) in [6.45, 7) is 6.58. The monoisotopic (exact) mass is 302 g/mol. The van der Waals surface area contributed by atoms with Crippen molar-refractivity contribution in [2.45, 2.75) is 65.7 Å². The molecule has 1 saturated carbocycles. The lowest BCUT2D eigenvalue weighted by Gasteiger charge is -2.32. The molecule has 1 aliphatic carbocycles. The average molecular weight is 302 g/mol. The second kappa shape index (κ2) is 8.36. The van der Waals surface area contributed by atoms with Gasteiger partial charge in [0, 0.05) is 0 Å². The zero-order chi connectivity index (χ0) is 15.9. The summed E-state index contributed by atoms with van der Waals surface area (Å²) in [5.74, 6) is 1.97. The van der Waals surface area contributed by atoms with Crippen LogP contribution in [0.1, 0.15) is 64.9 Å². The second-order valence-electron chi connectivity index (χ2n) is 6.82. The molecule has 0 unspecified atom stereocenters. The van der Waals surface area contributed by atoms with Crippen LogP contribution in [-0.2, 0) is 11.2 Å². The standard InChI is InChI=1S/C20H30O2/c1-4-6-7-17-10-13-19(15(3)14-17)20(21)22-18-11-8-16(5-2)9-12-18/h8-9,11-12,15,17,19H,4-7,10,13-14H2,1-3H3/t15-,17+,19-/m1/s1. The van der Waals surface area contributed by atoms with Gasteiger partial charge in [0.15, 0.2) is 0 Å². The fourth-order valence-corrected chi connectivity index (χ4v) is 3.60. The average Bonchev–Trinajstić information content (AvgIpc) is 2.53. The van der Waals surface area contributed by atoms with Crippen LogP contribution < -0.4 is 4.74 Å².